The zero-order valence-corrected chi connectivity index (χ0v) is 20.6. The van der Waals surface area contributed by atoms with E-state index in [1.165, 1.54) is 58.2 Å². The monoisotopic (exact) mass is 510 g/mol. The third-order valence-corrected chi connectivity index (χ3v) is 7.63. The third kappa shape index (κ3) is 4.31. The molecule has 2 unspecified atom stereocenters. The molecule has 0 amide bonds. The summed E-state index contributed by atoms with van der Waals surface area (Å²) in [5, 5.41) is 0. The Morgan fingerprint density at radius 2 is 1.56 bits per heavy atom. The van der Waals surface area contributed by atoms with Crippen LogP contribution in [0.4, 0.5) is 0 Å². The lowest BCUT2D eigenvalue weighted by Crippen LogP contribution is -2.23. The second kappa shape index (κ2) is 9.40. The Balaban J connectivity index is 1.34. The van der Waals surface area contributed by atoms with Crippen molar-refractivity contribution < 1.29 is 9.47 Å². The first-order chi connectivity index (χ1) is 16.7. The maximum Gasteiger partial charge on any atom is 0.120 e. The summed E-state index contributed by atoms with van der Waals surface area (Å²) in [6, 6.07) is 32.5. The summed E-state index contributed by atoms with van der Waals surface area (Å²) in [5.41, 5.74) is 9.24. The van der Waals surface area contributed by atoms with Crippen LogP contribution in [0.3, 0.4) is 0 Å². The molecule has 2 aliphatic rings. The van der Waals surface area contributed by atoms with Crippen LogP contribution < -0.4 is 4.74 Å². The molecule has 0 N–H and O–H groups in total. The van der Waals surface area contributed by atoms with Gasteiger partial charge in [0, 0.05) is 10.4 Å². The van der Waals surface area contributed by atoms with Gasteiger partial charge < -0.3 is 9.47 Å². The van der Waals surface area contributed by atoms with E-state index in [9.17, 15) is 0 Å². The summed E-state index contributed by atoms with van der Waals surface area (Å²) in [4.78, 5) is 0. The second-order valence-electron chi connectivity index (χ2n) is 9.28. The van der Waals surface area contributed by atoms with Gasteiger partial charge in [0.25, 0.3) is 0 Å². The van der Waals surface area contributed by atoms with Crippen molar-refractivity contribution in [1.82, 2.24) is 0 Å². The van der Waals surface area contributed by atoms with Crippen LogP contribution in [-0.2, 0) is 30.8 Å². The Bertz CT molecular complexity index is 1300. The Morgan fingerprint density at radius 1 is 0.765 bits per heavy atom. The van der Waals surface area contributed by atoms with Crippen LogP contribution in [0.1, 0.15) is 57.4 Å². The molecule has 1 aliphatic heterocycles. The van der Waals surface area contributed by atoms with Gasteiger partial charge in [0.15, 0.2) is 0 Å². The van der Waals surface area contributed by atoms with Gasteiger partial charge in [0.05, 0.1) is 12.7 Å². The van der Waals surface area contributed by atoms with E-state index in [0.717, 1.165) is 10.2 Å². The summed E-state index contributed by atoms with van der Waals surface area (Å²) in [7, 11) is 0. The molecule has 34 heavy (non-hydrogen) atoms. The summed E-state index contributed by atoms with van der Waals surface area (Å²) < 4.78 is 13.8. The molecule has 6 rings (SSSR count). The van der Waals surface area contributed by atoms with Gasteiger partial charge in [-0.1, -0.05) is 82.7 Å². The van der Waals surface area contributed by atoms with Crippen LogP contribution in [0, 0.1) is 0 Å². The van der Waals surface area contributed by atoms with Crippen LogP contribution in [0.25, 0.3) is 0 Å². The lowest BCUT2D eigenvalue weighted by Gasteiger charge is -2.35. The van der Waals surface area contributed by atoms with Crippen molar-refractivity contribution in [3.05, 3.63) is 134 Å². The number of hydrogen-bond acceptors (Lipinski definition) is 2. The Kier molecular flexibility index (Phi) is 5.98. The van der Waals surface area contributed by atoms with Crippen molar-refractivity contribution in [1.29, 1.82) is 0 Å². The molecule has 2 atom stereocenters. The van der Waals surface area contributed by atoms with Crippen molar-refractivity contribution in [2.45, 2.75) is 44.5 Å². The number of fused-ring (bicyclic) bond motifs is 2. The van der Waals surface area contributed by atoms with Gasteiger partial charge >= 0.3 is 0 Å². The number of rotatable bonds is 5. The van der Waals surface area contributed by atoms with Crippen LogP contribution >= 0.6 is 15.9 Å². The lowest BCUT2D eigenvalue weighted by molar-refractivity contribution is 0.0147. The predicted octanol–water partition coefficient (Wildman–Crippen LogP) is 7.92. The highest BCUT2D eigenvalue weighted by Gasteiger charge is 2.33. The molecule has 3 heteroatoms. The highest BCUT2D eigenvalue weighted by molar-refractivity contribution is 9.10. The minimum absolute atomic E-state index is 0.00402. The van der Waals surface area contributed by atoms with Crippen LogP contribution in [0.2, 0.25) is 0 Å². The Labute approximate surface area is 209 Å². The zero-order chi connectivity index (χ0) is 22.9. The molecular formula is C31H27BrO2. The van der Waals surface area contributed by atoms with Gasteiger partial charge in [-0.25, -0.2) is 0 Å². The molecule has 0 saturated heterocycles. The smallest absolute Gasteiger partial charge is 0.120 e. The average Bonchev–Trinajstić information content (AvgIpc) is 3.36. The van der Waals surface area contributed by atoms with E-state index in [4.69, 9.17) is 9.47 Å². The molecule has 0 spiro atoms. The lowest BCUT2D eigenvalue weighted by atomic mass is 9.79. The fourth-order valence-corrected chi connectivity index (χ4v) is 5.63. The molecule has 1 heterocycles. The van der Waals surface area contributed by atoms with Crippen molar-refractivity contribution in [3.8, 4) is 5.75 Å². The first-order valence-electron chi connectivity index (χ1n) is 12.0. The molecule has 0 radical (unpaired) electrons. The van der Waals surface area contributed by atoms with Crippen LogP contribution in [-0.4, -0.2) is 0 Å². The number of halogens is 1. The van der Waals surface area contributed by atoms with Gasteiger partial charge in [-0.15, -0.1) is 0 Å². The minimum Gasteiger partial charge on any atom is -0.489 e. The second-order valence-corrected chi connectivity index (χ2v) is 10.2. The maximum atomic E-state index is 6.60. The Morgan fingerprint density at radius 3 is 2.41 bits per heavy atom. The first-order valence-corrected chi connectivity index (χ1v) is 12.8. The van der Waals surface area contributed by atoms with Gasteiger partial charge in [-0.3, -0.25) is 0 Å². The number of aryl methyl sites for hydroxylation is 2. The topological polar surface area (TPSA) is 18.5 Å². The third-order valence-electron chi connectivity index (χ3n) is 7.10. The fraction of sp³-hybridized carbons (Fsp3) is 0.226. The van der Waals surface area contributed by atoms with E-state index in [0.29, 0.717) is 13.2 Å². The van der Waals surface area contributed by atoms with Gasteiger partial charge in [0.1, 0.15) is 12.4 Å². The standard InChI is InChI=1S/C31H27BrO2/c32-27-13-11-23(12-14-27)30-29-16-15-28(33-19-21-5-2-1-3-6-21)18-26(29)20-34-31(30)25-10-9-22-7-4-8-24(22)17-25/h1-3,5-6,9-18,30-31H,4,7-8,19-20H2. The molecule has 0 fully saturated rings. The van der Waals surface area contributed by atoms with Crippen LogP contribution in [0.15, 0.2) is 95.5 Å². The molecule has 0 saturated carbocycles. The maximum absolute atomic E-state index is 6.60. The quantitative estimate of drug-likeness (QED) is 0.271. The normalized spacial score (nSPS) is 18.9. The summed E-state index contributed by atoms with van der Waals surface area (Å²) in [5.74, 6) is 1.02. The summed E-state index contributed by atoms with van der Waals surface area (Å²) >= 11 is 3.59. The summed E-state index contributed by atoms with van der Waals surface area (Å²) in [6.45, 7) is 1.15. The van der Waals surface area contributed by atoms with E-state index in [2.05, 4.69) is 88.7 Å². The zero-order valence-electron chi connectivity index (χ0n) is 19.0. The largest absolute Gasteiger partial charge is 0.489 e. The van der Waals surface area contributed by atoms with Crippen LogP contribution in [0.5, 0.6) is 5.75 Å². The van der Waals surface area contributed by atoms with Crippen molar-refractivity contribution in [3.63, 3.8) is 0 Å². The van der Waals surface area contributed by atoms with E-state index < -0.39 is 0 Å². The Hall–Kier alpha value is -2.88. The summed E-state index contributed by atoms with van der Waals surface area (Å²) in [6.07, 6.45) is 3.63. The molecule has 4 aromatic rings. The fourth-order valence-electron chi connectivity index (χ4n) is 5.36. The molecule has 170 valence electrons. The van der Waals surface area contributed by atoms with Crippen molar-refractivity contribution in [2.24, 2.45) is 0 Å². The highest BCUT2D eigenvalue weighted by atomic mass is 79.9. The molecule has 2 nitrogen and oxygen atoms in total. The van der Waals surface area contributed by atoms with E-state index >= 15 is 0 Å². The molecule has 4 aromatic carbocycles. The van der Waals surface area contributed by atoms with Gasteiger partial charge in [0.2, 0.25) is 0 Å². The molecular weight excluding hydrogens is 484 g/mol. The number of benzene rings is 4. The first kappa shape index (κ1) is 21.6. The van der Waals surface area contributed by atoms with E-state index in [1.807, 2.05) is 18.2 Å². The van der Waals surface area contributed by atoms with Crippen molar-refractivity contribution >= 4 is 15.9 Å². The SMILES string of the molecule is Brc1ccc(C2c3ccc(OCc4ccccc4)cc3COC2c2ccc3c(c2)CCC3)cc1. The molecule has 0 aromatic heterocycles. The van der Waals surface area contributed by atoms with Gasteiger partial charge in [-0.05, 0) is 82.5 Å². The number of ether oxygens (including phenoxy) is 2. The van der Waals surface area contributed by atoms with Crippen molar-refractivity contribution in [2.75, 3.05) is 0 Å². The molecule has 1 aliphatic carbocycles. The molecule has 0 bridgehead atoms. The van der Waals surface area contributed by atoms with E-state index in [-0.39, 0.29) is 12.0 Å². The highest BCUT2D eigenvalue weighted by Crippen LogP contribution is 2.46. The van der Waals surface area contributed by atoms with E-state index in [1.54, 1.807) is 0 Å². The number of hydrogen-bond donors (Lipinski definition) is 0. The predicted molar refractivity (Wildman–Crippen MR) is 139 cm³/mol. The van der Waals surface area contributed by atoms with Gasteiger partial charge in [-0.2, -0.15) is 0 Å². The average molecular weight is 511 g/mol. The minimum atomic E-state index is -0.00402.